The molecular weight excluding hydrogens is 202 g/mol. The highest BCUT2D eigenvalue weighted by molar-refractivity contribution is 5.75. The fourth-order valence-corrected chi connectivity index (χ4v) is 2.31. The molecule has 1 amide bonds. The summed E-state index contributed by atoms with van der Waals surface area (Å²) >= 11 is 0. The van der Waals surface area contributed by atoms with Crippen molar-refractivity contribution in [2.75, 3.05) is 33.2 Å². The van der Waals surface area contributed by atoms with E-state index in [4.69, 9.17) is 0 Å². The van der Waals surface area contributed by atoms with Crippen LogP contribution in [0.1, 0.15) is 32.6 Å². The summed E-state index contributed by atoms with van der Waals surface area (Å²) in [6.45, 7) is 6.59. The third-order valence-electron chi connectivity index (χ3n) is 3.32. The zero-order valence-electron chi connectivity index (χ0n) is 10.6. The SMILES string of the molecule is CCN(CCCC(=O)NC)C1CCCNC1. The molecule has 1 rings (SSSR count). The van der Waals surface area contributed by atoms with Gasteiger partial charge in [0.25, 0.3) is 0 Å². The molecular formula is C12H25N3O. The van der Waals surface area contributed by atoms with Crippen LogP contribution in [0.5, 0.6) is 0 Å². The molecule has 4 heteroatoms. The van der Waals surface area contributed by atoms with Crippen LogP contribution in [-0.4, -0.2) is 50.1 Å². The largest absolute Gasteiger partial charge is 0.359 e. The first-order chi connectivity index (χ1) is 7.77. The second-order valence-electron chi connectivity index (χ2n) is 4.41. The highest BCUT2D eigenvalue weighted by Gasteiger charge is 2.19. The first-order valence-corrected chi connectivity index (χ1v) is 6.43. The van der Waals surface area contributed by atoms with Crippen LogP contribution < -0.4 is 10.6 Å². The predicted molar refractivity (Wildman–Crippen MR) is 66.4 cm³/mol. The van der Waals surface area contributed by atoms with Gasteiger partial charge in [0.1, 0.15) is 0 Å². The van der Waals surface area contributed by atoms with E-state index in [9.17, 15) is 4.79 Å². The molecule has 1 atom stereocenters. The predicted octanol–water partition coefficient (Wildman–Crippen LogP) is 0.587. The first kappa shape index (κ1) is 13.5. The average molecular weight is 227 g/mol. The molecule has 0 radical (unpaired) electrons. The molecule has 1 unspecified atom stereocenters. The average Bonchev–Trinajstić information content (AvgIpc) is 2.35. The second-order valence-corrected chi connectivity index (χ2v) is 4.41. The molecule has 0 aromatic carbocycles. The molecule has 0 aromatic heterocycles. The third-order valence-corrected chi connectivity index (χ3v) is 3.32. The van der Waals surface area contributed by atoms with Crippen molar-refractivity contribution < 1.29 is 4.79 Å². The van der Waals surface area contributed by atoms with Gasteiger partial charge in [-0.05, 0) is 38.9 Å². The molecule has 1 aliphatic heterocycles. The molecule has 0 aromatic rings. The van der Waals surface area contributed by atoms with Crippen LogP contribution in [0.15, 0.2) is 0 Å². The molecule has 0 bridgehead atoms. The van der Waals surface area contributed by atoms with Crippen LogP contribution in [-0.2, 0) is 4.79 Å². The van der Waals surface area contributed by atoms with E-state index in [1.807, 2.05) is 0 Å². The maximum Gasteiger partial charge on any atom is 0.219 e. The van der Waals surface area contributed by atoms with Gasteiger partial charge in [-0.3, -0.25) is 9.69 Å². The fourth-order valence-electron chi connectivity index (χ4n) is 2.31. The van der Waals surface area contributed by atoms with Gasteiger partial charge in [-0.2, -0.15) is 0 Å². The molecule has 4 nitrogen and oxygen atoms in total. The summed E-state index contributed by atoms with van der Waals surface area (Å²) in [6, 6.07) is 0.670. The normalized spacial score (nSPS) is 21.1. The van der Waals surface area contributed by atoms with Crippen molar-refractivity contribution in [1.82, 2.24) is 15.5 Å². The van der Waals surface area contributed by atoms with E-state index in [1.165, 1.54) is 12.8 Å². The Morgan fingerprint density at radius 2 is 2.38 bits per heavy atom. The van der Waals surface area contributed by atoms with E-state index in [0.717, 1.165) is 32.6 Å². The molecule has 1 heterocycles. The molecule has 0 aliphatic carbocycles. The van der Waals surface area contributed by atoms with Crippen LogP contribution in [0.3, 0.4) is 0 Å². The van der Waals surface area contributed by atoms with E-state index in [2.05, 4.69) is 22.5 Å². The number of rotatable bonds is 6. The Hall–Kier alpha value is -0.610. The van der Waals surface area contributed by atoms with Crippen molar-refractivity contribution >= 4 is 5.91 Å². The lowest BCUT2D eigenvalue weighted by Gasteiger charge is -2.33. The highest BCUT2D eigenvalue weighted by Crippen LogP contribution is 2.10. The summed E-state index contributed by atoms with van der Waals surface area (Å²) in [5.74, 6) is 0.151. The summed E-state index contributed by atoms with van der Waals surface area (Å²) in [7, 11) is 1.70. The van der Waals surface area contributed by atoms with Crippen LogP contribution in [0.4, 0.5) is 0 Å². The number of nitrogens with zero attached hydrogens (tertiary/aromatic N) is 1. The van der Waals surface area contributed by atoms with Gasteiger partial charge in [-0.15, -0.1) is 0 Å². The van der Waals surface area contributed by atoms with Gasteiger partial charge < -0.3 is 10.6 Å². The highest BCUT2D eigenvalue weighted by atomic mass is 16.1. The maximum atomic E-state index is 11.1. The van der Waals surface area contributed by atoms with E-state index in [-0.39, 0.29) is 5.91 Å². The lowest BCUT2D eigenvalue weighted by Crippen LogP contribution is -2.46. The number of likely N-dealkylation sites (N-methyl/N-ethyl adjacent to an activating group) is 1. The monoisotopic (exact) mass is 227 g/mol. The molecule has 1 saturated heterocycles. The number of nitrogens with one attached hydrogen (secondary N) is 2. The Labute approximate surface area is 98.8 Å². The fraction of sp³-hybridized carbons (Fsp3) is 0.917. The number of carbonyl (C=O) groups excluding carboxylic acids is 1. The van der Waals surface area contributed by atoms with E-state index < -0.39 is 0 Å². The first-order valence-electron chi connectivity index (χ1n) is 6.43. The van der Waals surface area contributed by atoms with E-state index in [1.54, 1.807) is 7.05 Å². The van der Waals surface area contributed by atoms with Gasteiger partial charge in [0.2, 0.25) is 5.91 Å². The van der Waals surface area contributed by atoms with Gasteiger partial charge in [0, 0.05) is 26.1 Å². The molecule has 0 saturated carbocycles. The molecule has 1 aliphatic rings. The van der Waals surface area contributed by atoms with Gasteiger partial charge in [-0.25, -0.2) is 0 Å². The third kappa shape index (κ3) is 4.49. The van der Waals surface area contributed by atoms with Crippen molar-refractivity contribution in [2.45, 2.75) is 38.6 Å². The smallest absolute Gasteiger partial charge is 0.219 e. The van der Waals surface area contributed by atoms with Gasteiger partial charge in [0.15, 0.2) is 0 Å². The summed E-state index contributed by atoms with van der Waals surface area (Å²) in [6.07, 6.45) is 4.18. The van der Waals surface area contributed by atoms with Crippen LogP contribution in [0.2, 0.25) is 0 Å². The Morgan fingerprint density at radius 1 is 1.56 bits per heavy atom. The van der Waals surface area contributed by atoms with Crippen molar-refractivity contribution in [2.24, 2.45) is 0 Å². The summed E-state index contributed by atoms with van der Waals surface area (Å²) in [5, 5.41) is 6.11. The number of piperidine rings is 1. The standard InChI is InChI=1S/C12H25N3O/c1-3-15(9-5-7-12(16)13-2)11-6-4-8-14-10-11/h11,14H,3-10H2,1-2H3,(H,13,16). The Kier molecular flexibility index (Phi) is 6.42. The van der Waals surface area contributed by atoms with Gasteiger partial charge in [0.05, 0.1) is 0 Å². The summed E-state index contributed by atoms with van der Waals surface area (Å²) in [5.41, 5.74) is 0. The number of hydrogen-bond donors (Lipinski definition) is 2. The minimum Gasteiger partial charge on any atom is -0.359 e. The zero-order valence-corrected chi connectivity index (χ0v) is 10.6. The van der Waals surface area contributed by atoms with E-state index >= 15 is 0 Å². The van der Waals surface area contributed by atoms with Gasteiger partial charge >= 0.3 is 0 Å². The van der Waals surface area contributed by atoms with Crippen molar-refractivity contribution in [3.05, 3.63) is 0 Å². The topological polar surface area (TPSA) is 44.4 Å². The summed E-state index contributed by atoms with van der Waals surface area (Å²) in [4.78, 5) is 13.6. The molecule has 0 spiro atoms. The Morgan fingerprint density at radius 3 is 2.94 bits per heavy atom. The number of hydrogen-bond acceptors (Lipinski definition) is 3. The molecule has 94 valence electrons. The number of carbonyl (C=O) groups is 1. The van der Waals surface area contributed by atoms with E-state index in [0.29, 0.717) is 12.5 Å². The molecule has 2 N–H and O–H groups in total. The minimum atomic E-state index is 0.151. The van der Waals surface area contributed by atoms with Crippen LogP contribution >= 0.6 is 0 Å². The van der Waals surface area contributed by atoms with Crippen molar-refractivity contribution in [3.63, 3.8) is 0 Å². The Balaban J connectivity index is 2.22. The van der Waals surface area contributed by atoms with Crippen molar-refractivity contribution in [3.8, 4) is 0 Å². The summed E-state index contributed by atoms with van der Waals surface area (Å²) < 4.78 is 0. The lowest BCUT2D eigenvalue weighted by molar-refractivity contribution is -0.120. The Bertz CT molecular complexity index is 202. The molecule has 1 fully saturated rings. The minimum absolute atomic E-state index is 0.151. The van der Waals surface area contributed by atoms with Crippen LogP contribution in [0, 0.1) is 0 Å². The quantitative estimate of drug-likeness (QED) is 0.698. The molecule has 16 heavy (non-hydrogen) atoms. The van der Waals surface area contributed by atoms with Gasteiger partial charge in [-0.1, -0.05) is 6.92 Å². The maximum absolute atomic E-state index is 11.1. The zero-order chi connectivity index (χ0) is 11.8. The lowest BCUT2D eigenvalue weighted by atomic mass is 10.1. The number of amides is 1. The van der Waals surface area contributed by atoms with Crippen LogP contribution in [0.25, 0.3) is 0 Å². The van der Waals surface area contributed by atoms with Crippen molar-refractivity contribution in [1.29, 1.82) is 0 Å². The second kappa shape index (κ2) is 7.63.